The van der Waals surface area contributed by atoms with Crippen LogP contribution in [0.15, 0.2) is 150 Å². The van der Waals surface area contributed by atoms with Gasteiger partial charge in [0, 0.05) is 34.8 Å². The number of halogens is 1. The number of aliphatic carboxylic acids is 1. The Hall–Kier alpha value is -11.4. The Kier molecular flexibility index (Phi) is 26.5. The third kappa shape index (κ3) is 18.1. The Morgan fingerprint density at radius 2 is 0.828 bits per heavy atom. The highest BCUT2D eigenvalue weighted by Gasteiger charge is 2.33. The number of rotatable bonds is 18. The second kappa shape index (κ2) is 37.9. The second-order valence-corrected chi connectivity index (χ2v) is 30.3. The molecule has 18 rings (SSSR count). The zero-order valence-corrected chi connectivity index (χ0v) is 68.1. The minimum Gasteiger partial charge on any atom is -0.508 e. The summed E-state index contributed by atoms with van der Waals surface area (Å²) in [5.41, 5.74) is 22.2. The number of carbonyl (C=O) groups excluding carboxylic acids is 2. The van der Waals surface area contributed by atoms with Gasteiger partial charge < -0.3 is 76.9 Å². The van der Waals surface area contributed by atoms with Crippen LogP contribution in [0.3, 0.4) is 0 Å². The molecule has 0 aromatic heterocycles. The first-order valence-electron chi connectivity index (χ1n) is 39.8. The summed E-state index contributed by atoms with van der Waals surface area (Å²) in [5, 5.41) is 28.8. The Balaban J connectivity index is 0.000000129. The number of aldehydes is 2. The highest BCUT2D eigenvalue weighted by Crippen LogP contribution is 2.46. The number of nitrogens with zero attached hydrogens (tertiary/aromatic N) is 1. The number of ether oxygens (including phenoxy) is 13. The topological polar surface area (TPSA) is 235 Å². The first-order valence-corrected chi connectivity index (χ1v) is 40.6. The quantitative estimate of drug-likeness (QED) is 0.0677. The fourth-order valence-corrected chi connectivity index (χ4v) is 16.9. The molecule has 0 amide bonds. The molecule has 3 aliphatic carbocycles. The third-order valence-corrected chi connectivity index (χ3v) is 23.2. The molecule has 604 valence electrons. The molecule has 1 saturated heterocycles. The molecular formula is C95H98BrNO19. The molecule has 1 atom stereocenters. The van der Waals surface area contributed by atoms with Crippen molar-refractivity contribution in [2.45, 2.75) is 130 Å². The molecule has 21 heteroatoms. The lowest BCUT2D eigenvalue weighted by atomic mass is 9.96. The van der Waals surface area contributed by atoms with Gasteiger partial charge in [-0.25, -0.2) is 0 Å². The Bertz CT molecular complexity index is 5250. The van der Waals surface area contributed by atoms with Crippen LogP contribution in [-0.4, -0.2) is 126 Å². The molecule has 0 bridgehead atoms. The van der Waals surface area contributed by atoms with Crippen LogP contribution in [-0.2, 0) is 69.7 Å². The zero-order valence-electron chi connectivity index (χ0n) is 66.5. The Labute approximate surface area is 685 Å². The van der Waals surface area contributed by atoms with Crippen LogP contribution >= 0.6 is 15.9 Å². The van der Waals surface area contributed by atoms with E-state index in [0.29, 0.717) is 102 Å². The van der Waals surface area contributed by atoms with Gasteiger partial charge in [0.15, 0.2) is 58.6 Å². The number of aromatic hydroxyl groups is 1. The van der Waals surface area contributed by atoms with Gasteiger partial charge in [0.25, 0.3) is 0 Å². The van der Waals surface area contributed by atoms with Gasteiger partial charge in [-0.2, -0.15) is 0 Å². The monoisotopic (exact) mass is 1640 g/mol. The van der Waals surface area contributed by atoms with Crippen molar-refractivity contribution in [1.82, 2.24) is 4.90 Å². The number of phenolic OH excluding ortho intramolecular Hbond substituents is 1. The van der Waals surface area contributed by atoms with E-state index in [9.17, 15) is 29.7 Å². The molecule has 0 unspecified atom stereocenters. The van der Waals surface area contributed by atoms with E-state index in [1.54, 1.807) is 14.2 Å². The summed E-state index contributed by atoms with van der Waals surface area (Å²) >= 11 is 3.35. The molecule has 10 aromatic carbocycles. The van der Waals surface area contributed by atoms with E-state index in [0.717, 1.165) is 246 Å². The first kappa shape index (κ1) is 81.2. The summed E-state index contributed by atoms with van der Waals surface area (Å²) in [6.07, 6.45) is 12.9. The average Bonchev–Trinajstić information content (AvgIpc) is 1.44. The molecule has 1 fully saturated rings. The highest BCUT2D eigenvalue weighted by atomic mass is 79.9. The van der Waals surface area contributed by atoms with Crippen molar-refractivity contribution >= 4 is 34.5 Å². The van der Waals surface area contributed by atoms with Crippen molar-refractivity contribution in [1.29, 1.82) is 0 Å². The SMILES string of the molecule is Brc1ccc2c(c1)OCCO2.COc1cc(O)c2c(c1C=O)CCC2.COc1cc(OCc2cccc(-c3ccc4c(c3)OCCO4)c2C)c2c(c1C=O)CCC2.COc1cc(OCc2cccc(-c3ccc4c(c3)OCCO4)c2C)c2c(c1CN1CCCC[C@H]1C(=O)O)CCC2.Cc1c(CO)cccc1-c1ccc2c(c1)OCCO2. The minimum atomic E-state index is -0.732. The van der Waals surface area contributed by atoms with E-state index in [1.807, 2.05) is 85.8 Å². The van der Waals surface area contributed by atoms with Gasteiger partial charge in [-0.1, -0.05) is 95.1 Å². The number of carbonyl (C=O) groups is 3. The van der Waals surface area contributed by atoms with Gasteiger partial charge in [0.1, 0.15) is 107 Å². The van der Waals surface area contributed by atoms with Gasteiger partial charge in [-0.15, -0.1) is 0 Å². The van der Waals surface area contributed by atoms with Crippen LogP contribution in [0.5, 0.6) is 80.5 Å². The predicted octanol–water partition coefficient (Wildman–Crippen LogP) is 18.1. The lowest BCUT2D eigenvalue weighted by Crippen LogP contribution is -2.44. The van der Waals surface area contributed by atoms with Crippen molar-refractivity contribution < 1.29 is 91.3 Å². The van der Waals surface area contributed by atoms with Crippen molar-refractivity contribution in [3.63, 3.8) is 0 Å². The van der Waals surface area contributed by atoms with Crippen LogP contribution in [0, 0.1) is 20.8 Å². The number of likely N-dealkylation sites (tertiary alicyclic amines) is 1. The maximum Gasteiger partial charge on any atom is 0.320 e. The summed E-state index contributed by atoms with van der Waals surface area (Å²) in [7, 11) is 4.79. The lowest BCUT2D eigenvalue weighted by Gasteiger charge is -2.34. The van der Waals surface area contributed by atoms with Gasteiger partial charge in [0.05, 0.1) is 39.1 Å². The number of methoxy groups -OCH3 is 3. The number of aliphatic hydroxyl groups excluding tert-OH is 1. The number of benzene rings is 10. The number of carboxylic acids is 1. The summed E-state index contributed by atoms with van der Waals surface area (Å²) in [4.78, 5) is 36.5. The largest absolute Gasteiger partial charge is 0.508 e. The first-order chi connectivity index (χ1) is 56.6. The lowest BCUT2D eigenvalue weighted by molar-refractivity contribution is -0.144. The van der Waals surface area contributed by atoms with Gasteiger partial charge >= 0.3 is 5.97 Å². The fourth-order valence-electron chi connectivity index (χ4n) is 16.6. The number of phenols is 1. The second-order valence-electron chi connectivity index (χ2n) is 29.4. The molecule has 116 heavy (non-hydrogen) atoms. The molecular weight excluding hydrogens is 1540 g/mol. The molecule has 8 aliphatic rings. The van der Waals surface area contributed by atoms with Gasteiger partial charge in [0.2, 0.25) is 0 Å². The normalized spacial score (nSPS) is 15.4. The van der Waals surface area contributed by atoms with Crippen molar-refractivity contribution in [3.05, 3.63) is 234 Å². The Morgan fingerprint density at radius 3 is 1.28 bits per heavy atom. The molecule has 20 nitrogen and oxygen atoms in total. The summed E-state index contributed by atoms with van der Waals surface area (Å²) < 4.78 is 74.9. The van der Waals surface area contributed by atoms with E-state index in [4.69, 9.17) is 61.6 Å². The van der Waals surface area contributed by atoms with Crippen LogP contribution < -0.4 is 61.6 Å². The molecule has 5 heterocycles. The molecule has 0 saturated carbocycles. The minimum absolute atomic E-state index is 0.0597. The zero-order chi connectivity index (χ0) is 80.8. The van der Waals surface area contributed by atoms with E-state index in [2.05, 4.69) is 95.3 Å². The summed E-state index contributed by atoms with van der Waals surface area (Å²) in [5.74, 6) is 9.42. The smallest absolute Gasteiger partial charge is 0.320 e. The maximum atomic E-state index is 11.9. The van der Waals surface area contributed by atoms with Crippen molar-refractivity contribution in [2.24, 2.45) is 0 Å². The van der Waals surface area contributed by atoms with E-state index in [-0.39, 0.29) is 12.4 Å². The van der Waals surface area contributed by atoms with E-state index >= 15 is 0 Å². The number of carboxylic acid groups (broad SMARTS) is 1. The van der Waals surface area contributed by atoms with E-state index < -0.39 is 12.0 Å². The van der Waals surface area contributed by atoms with Crippen molar-refractivity contribution in [2.75, 3.05) is 80.7 Å². The summed E-state index contributed by atoms with van der Waals surface area (Å²) in [6, 6.07) is 47.4. The molecule has 3 N–H and O–H groups in total. The number of piperidine rings is 1. The molecule has 10 aromatic rings. The standard InChI is InChI=1S/C33H37NO6.C27H26O5.C16H16O3.C11H12O3.C8H7BrO2/c1-21-23(7-5-8-24(21)22-12-13-29-32(17-22)39-16-15-38-29)20-40-31-18-30(37-2)27(25-9-6-10-26(25)31)19-34-14-4-3-11-28(34)33(35)36;1-17-19(5-3-6-20(17)18-9-10-24-27(13-18)31-12-11-30-24)16-32-26-14-25(29-2)23(15-28)21-7-4-8-22(21)26;1-11-13(10-17)3-2-4-14(11)12-5-6-15-16(9-12)19-8-7-18-15;1-14-11-5-10(13)8-4-2-3-7(8)9(11)6-12;9-6-1-2-7-8(5-6)11-4-3-10-7/h5,7-8,12-13,17-18,28H,3-4,6,9-11,14-16,19-20H2,1-2H3,(H,35,36);3,5-6,9-10,13-15H,4,7-8,11-12,16H2,1-2H3;2-6,9,17H,7-8,10H2,1H3;5-6,13H,2-4H2,1H3;1-2,5H,3-4H2/t28-;;;;/m0..../s1. The van der Waals surface area contributed by atoms with Gasteiger partial charge in [-0.3, -0.25) is 19.3 Å². The number of aliphatic hydroxyl groups is 1. The van der Waals surface area contributed by atoms with E-state index in [1.165, 1.54) is 29.9 Å². The third-order valence-electron chi connectivity index (χ3n) is 22.7. The fraction of sp³-hybridized carbons (Fsp3) is 0.337. The van der Waals surface area contributed by atoms with Crippen LogP contribution in [0.1, 0.15) is 132 Å². The molecule has 0 radical (unpaired) electrons. The molecule has 5 aliphatic heterocycles. The number of hydrogen-bond donors (Lipinski definition) is 3. The molecule has 0 spiro atoms. The average molecular weight is 1640 g/mol. The van der Waals surface area contributed by atoms with Crippen LogP contribution in [0.25, 0.3) is 33.4 Å². The summed E-state index contributed by atoms with van der Waals surface area (Å²) in [6.45, 7) is 13.4. The van der Waals surface area contributed by atoms with Gasteiger partial charge in [-0.05, 0) is 253 Å². The number of fused-ring (bicyclic) bond motifs is 7. The van der Waals surface area contributed by atoms with Crippen LogP contribution in [0.4, 0.5) is 0 Å². The predicted molar refractivity (Wildman–Crippen MR) is 446 cm³/mol. The van der Waals surface area contributed by atoms with Crippen molar-refractivity contribution in [3.8, 4) is 114 Å². The number of hydrogen-bond acceptors (Lipinski definition) is 19. The Morgan fingerprint density at radius 1 is 0.440 bits per heavy atom. The highest BCUT2D eigenvalue weighted by molar-refractivity contribution is 9.10. The maximum absolute atomic E-state index is 11.9. The van der Waals surface area contributed by atoms with Crippen LogP contribution in [0.2, 0.25) is 0 Å².